The maximum absolute atomic E-state index is 13.9. The van der Waals surface area contributed by atoms with Crippen molar-refractivity contribution in [1.82, 2.24) is 0 Å². The maximum Gasteiger partial charge on any atom is 0.157 e. The van der Waals surface area contributed by atoms with Gasteiger partial charge in [0.1, 0.15) is 31.3 Å². The maximum atomic E-state index is 13.9. The van der Waals surface area contributed by atoms with Crippen LogP contribution in [0.15, 0.2) is 83.5 Å². The van der Waals surface area contributed by atoms with Gasteiger partial charge in [0.05, 0.1) is 11.8 Å². The molecule has 0 saturated carbocycles. The summed E-state index contributed by atoms with van der Waals surface area (Å²) in [4.78, 5) is 0. The van der Waals surface area contributed by atoms with Crippen LogP contribution in [0.4, 0.5) is 4.39 Å². The fourth-order valence-electron chi connectivity index (χ4n) is 3.22. The quantitative estimate of drug-likeness (QED) is 0.529. The predicted molar refractivity (Wildman–Crippen MR) is 103 cm³/mol. The van der Waals surface area contributed by atoms with Crippen molar-refractivity contribution in [2.24, 2.45) is 0 Å². The third-order valence-electron chi connectivity index (χ3n) is 4.61. The molecular formula is C23H21FNO2+. The van der Waals surface area contributed by atoms with Gasteiger partial charge in [0.15, 0.2) is 5.76 Å². The van der Waals surface area contributed by atoms with Crippen LogP contribution in [0.2, 0.25) is 0 Å². The molecule has 27 heavy (non-hydrogen) atoms. The molecule has 0 amide bonds. The molecule has 3 aromatic carbocycles. The molecule has 0 unspecified atom stereocenters. The van der Waals surface area contributed by atoms with Crippen molar-refractivity contribution in [2.75, 3.05) is 0 Å². The van der Waals surface area contributed by atoms with Crippen LogP contribution in [-0.4, -0.2) is 0 Å². The van der Waals surface area contributed by atoms with Crippen LogP contribution in [0.25, 0.3) is 10.8 Å². The fraction of sp³-hybridized carbons (Fsp3) is 0.130. The minimum absolute atomic E-state index is 0.205. The molecule has 1 heterocycles. The Morgan fingerprint density at radius 2 is 1.70 bits per heavy atom. The molecule has 0 aliphatic rings. The lowest BCUT2D eigenvalue weighted by molar-refractivity contribution is -0.687. The first-order valence-electron chi connectivity index (χ1n) is 9.02. The summed E-state index contributed by atoms with van der Waals surface area (Å²) in [6.07, 6.45) is 1.68. The van der Waals surface area contributed by atoms with Crippen molar-refractivity contribution in [3.05, 3.63) is 102 Å². The lowest BCUT2D eigenvalue weighted by Crippen LogP contribution is -2.80. The highest BCUT2D eigenvalue weighted by molar-refractivity contribution is 5.87. The van der Waals surface area contributed by atoms with E-state index in [-0.39, 0.29) is 12.4 Å². The Morgan fingerprint density at radius 1 is 0.852 bits per heavy atom. The van der Waals surface area contributed by atoms with Gasteiger partial charge in [-0.2, -0.15) is 0 Å². The molecule has 1 aromatic heterocycles. The zero-order valence-electron chi connectivity index (χ0n) is 14.9. The predicted octanol–water partition coefficient (Wildman–Crippen LogP) is 4.41. The van der Waals surface area contributed by atoms with Crippen molar-refractivity contribution in [3.63, 3.8) is 0 Å². The van der Waals surface area contributed by atoms with Gasteiger partial charge >= 0.3 is 0 Å². The monoisotopic (exact) mass is 362 g/mol. The van der Waals surface area contributed by atoms with Gasteiger partial charge in [-0.05, 0) is 35.0 Å². The standard InChI is InChI=1S/C23H20FNO2/c24-22-10-4-2-7-18(22)16-27-23-12-11-17-6-1-3-9-20(17)21(23)15-25-14-19-8-5-13-26-19/h1-13,25H,14-16H2/p+1. The molecule has 0 spiro atoms. The number of nitrogens with two attached hydrogens (primary N) is 1. The number of furan rings is 1. The van der Waals surface area contributed by atoms with Gasteiger partial charge < -0.3 is 14.5 Å². The SMILES string of the molecule is Fc1ccccc1COc1ccc2ccccc2c1C[NH2+]Cc1ccco1. The second kappa shape index (κ2) is 8.06. The van der Waals surface area contributed by atoms with Gasteiger partial charge in [0.25, 0.3) is 0 Å². The summed E-state index contributed by atoms with van der Waals surface area (Å²) in [7, 11) is 0. The Balaban J connectivity index is 1.57. The summed E-state index contributed by atoms with van der Waals surface area (Å²) in [6, 6.07) is 22.8. The summed E-state index contributed by atoms with van der Waals surface area (Å²) >= 11 is 0. The molecule has 0 aliphatic heterocycles. The first-order chi connectivity index (χ1) is 13.3. The number of fused-ring (bicyclic) bond motifs is 1. The second-order valence-electron chi connectivity index (χ2n) is 6.42. The molecule has 0 radical (unpaired) electrons. The number of rotatable bonds is 7. The first kappa shape index (κ1) is 17.3. The molecule has 3 nitrogen and oxygen atoms in total. The summed E-state index contributed by atoms with van der Waals surface area (Å²) in [6.45, 7) is 1.70. The Morgan fingerprint density at radius 3 is 2.56 bits per heavy atom. The molecule has 0 aliphatic carbocycles. The van der Waals surface area contributed by atoms with Crippen LogP contribution in [-0.2, 0) is 19.7 Å². The van der Waals surface area contributed by atoms with Gasteiger partial charge in [0, 0.05) is 5.56 Å². The molecule has 0 atom stereocenters. The van der Waals surface area contributed by atoms with E-state index in [9.17, 15) is 4.39 Å². The van der Waals surface area contributed by atoms with Crippen LogP contribution in [0.5, 0.6) is 5.75 Å². The second-order valence-corrected chi connectivity index (χ2v) is 6.42. The van der Waals surface area contributed by atoms with Crippen LogP contribution < -0.4 is 10.1 Å². The smallest absolute Gasteiger partial charge is 0.157 e. The van der Waals surface area contributed by atoms with Crippen molar-refractivity contribution in [1.29, 1.82) is 0 Å². The number of quaternary nitrogens is 1. The van der Waals surface area contributed by atoms with E-state index in [1.54, 1.807) is 18.4 Å². The third kappa shape index (κ3) is 4.01. The number of hydrogen-bond acceptors (Lipinski definition) is 2. The van der Waals surface area contributed by atoms with E-state index < -0.39 is 0 Å². The number of ether oxygens (including phenoxy) is 1. The van der Waals surface area contributed by atoms with Crippen molar-refractivity contribution in [3.8, 4) is 5.75 Å². The van der Waals surface area contributed by atoms with Gasteiger partial charge in [0.2, 0.25) is 0 Å². The molecule has 0 saturated heterocycles. The van der Waals surface area contributed by atoms with Crippen molar-refractivity contribution >= 4 is 10.8 Å². The Bertz CT molecular complexity index is 1030. The molecule has 0 bridgehead atoms. The number of halogens is 1. The van der Waals surface area contributed by atoms with Gasteiger partial charge in [-0.25, -0.2) is 4.39 Å². The normalized spacial score (nSPS) is 11.0. The van der Waals surface area contributed by atoms with E-state index in [4.69, 9.17) is 9.15 Å². The molecule has 4 aromatic rings. The Hall–Kier alpha value is -3.11. The van der Waals surface area contributed by atoms with E-state index in [1.807, 2.05) is 42.5 Å². The minimum atomic E-state index is -0.246. The van der Waals surface area contributed by atoms with Crippen LogP contribution >= 0.6 is 0 Å². The van der Waals surface area contributed by atoms with E-state index in [0.29, 0.717) is 5.56 Å². The molecule has 0 fully saturated rings. The Kier molecular flexibility index (Phi) is 5.17. The van der Waals surface area contributed by atoms with Crippen LogP contribution in [0.3, 0.4) is 0 Å². The van der Waals surface area contributed by atoms with Gasteiger partial charge in [-0.1, -0.05) is 48.5 Å². The number of benzene rings is 3. The lowest BCUT2D eigenvalue weighted by Gasteiger charge is -2.14. The molecule has 4 heteroatoms. The zero-order chi connectivity index (χ0) is 18.5. The summed E-state index contributed by atoms with van der Waals surface area (Å²) in [5.41, 5.74) is 1.66. The average Bonchev–Trinajstić information content (AvgIpc) is 3.21. The summed E-state index contributed by atoms with van der Waals surface area (Å²) in [5.74, 6) is 1.47. The first-order valence-corrected chi connectivity index (χ1v) is 9.02. The van der Waals surface area contributed by atoms with E-state index in [1.165, 1.54) is 6.07 Å². The van der Waals surface area contributed by atoms with Crippen LogP contribution in [0.1, 0.15) is 16.9 Å². The third-order valence-corrected chi connectivity index (χ3v) is 4.61. The number of hydrogen-bond donors (Lipinski definition) is 1. The fourth-order valence-corrected chi connectivity index (χ4v) is 3.22. The topological polar surface area (TPSA) is 39.0 Å². The zero-order valence-corrected chi connectivity index (χ0v) is 14.9. The molecule has 136 valence electrons. The van der Waals surface area contributed by atoms with Crippen LogP contribution in [0, 0.1) is 5.82 Å². The summed E-state index contributed by atoms with van der Waals surface area (Å²) < 4.78 is 25.3. The average molecular weight is 362 g/mol. The van der Waals surface area contributed by atoms with Crippen molar-refractivity contribution < 1.29 is 18.9 Å². The highest BCUT2D eigenvalue weighted by atomic mass is 19.1. The van der Waals surface area contributed by atoms with E-state index >= 15 is 0 Å². The van der Waals surface area contributed by atoms with E-state index in [0.717, 1.165) is 40.9 Å². The minimum Gasteiger partial charge on any atom is -0.488 e. The lowest BCUT2D eigenvalue weighted by atomic mass is 10.0. The van der Waals surface area contributed by atoms with Gasteiger partial charge in [-0.15, -0.1) is 0 Å². The van der Waals surface area contributed by atoms with E-state index in [2.05, 4.69) is 17.4 Å². The van der Waals surface area contributed by atoms with Gasteiger partial charge in [-0.3, -0.25) is 0 Å². The largest absolute Gasteiger partial charge is 0.488 e. The Labute approximate surface area is 157 Å². The van der Waals surface area contributed by atoms with Crippen molar-refractivity contribution in [2.45, 2.75) is 19.7 Å². The molecule has 2 N–H and O–H groups in total. The summed E-state index contributed by atoms with van der Waals surface area (Å²) in [5, 5.41) is 4.49. The highest BCUT2D eigenvalue weighted by Crippen LogP contribution is 2.28. The molecule has 4 rings (SSSR count). The highest BCUT2D eigenvalue weighted by Gasteiger charge is 2.12. The molecular weight excluding hydrogens is 341 g/mol.